The van der Waals surface area contributed by atoms with Gasteiger partial charge in [-0.2, -0.15) is 5.10 Å². The van der Waals surface area contributed by atoms with Crippen molar-refractivity contribution < 1.29 is 27.4 Å². The molecule has 0 spiro atoms. The van der Waals surface area contributed by atoms with Gasteiger partial charge in [0.2, 0.25) is 10.0 Å². The highest BCUT2D eigenvalue weighted by atomic mass is 32.2. The van der Waals surface area contributed by atoms with Crippen molar-refractivity contribution in [2.24, 2.45) is 5.10 Å². The highest BCUT2D eigenvalue weighted by Gasteiger charge is 2.29. The summed E-state index contributed by atoms with van der Waals surface area (Å²) in [5, 5.41) is 3.96. The van der Waals surface area contributed by atoms with E-state index in [9.17, 15) is 13.2 Å². The van der Waals surface area contributed by atoms with Gasteiger partial charge in [-0.25, -0.2) is 13.8 Å². The molecule has 0 heterocycles. The summed E-state index contributed by atoms with van der Waals surface area (Å²) in [6.07, 6.45) is 4.10. The van der Waals surface area contributed by atoms with E-state index in [0.29, 0.717) is 41.7 Å². The first-order valence-corrected chi connectivity index (χ1v) is 12.0. The van der Waals surface area contributed by atoms with E-state index < -0.39 is 22.0 Å². The van der Waals surface area contributed by atoms with Crippen molar-refractivity contribution in [2.45, 2.75) is 19.9 Å². The van der Waals surface area contributed by atoms with Crippen LogP contribution >= 0.6 is 0 Å². The Labute approximate surface area is 194 Å². The maximum atomic E-state index is 12.6. The minimum absolute atomic E-state index is 0.335. The molecular formula is C23H29N3O6S. The number of ether oxygens (including phenoxy) is 3. The molecule has 0 aliphatic heterocycles. The number of benzene rings is 2. The van der Waals surface area contributed by atoms with E-state index in [-0.39, 0.29) is 0 Å². The van der Waals surface area contributed by atoms with Crippen LogP contribution in [0.3, 0.4) is 0 Å². The molecule has 0 radical (unpaired) electrons. The molecule has 9 nitrogen and oxygen atoms in total. The summed E-state index contributed by atoms with van der Waals surface area (Å²) in [5.74, 6) is 1.07. The zero-order valence-corrected chi connectivity index (χ0v) is 20.0. The predicted molar refractivity (Wildman–Crippen MR) is 129 cm³/mol. The van der Waals surface area contributed by atoms with Gasteiger partial charge < -0.3 is 14.2 Å². The zero-order chi connectivity index (χ0) is 24.4. The van der Waals surface area contributed by atoms with Crippen LogP contribution in [0.5, 0.6) is 17.2 Å². The summed E-state index contributed by atoms with van der Waals surface area (Å²) in [4.78, 5) is 12.6. The lowest BCUT2D eigenvalue weighted by molar-refractivity contribution is -0.121. The average Bonchev–Trinajstić information content (AvgIpc) is 2.78. The van der Waals surface area contributed by atoms with Crippen molar-refractivity contribution in [3.05, 3.63) is 60.7 Å². The third-order valence-corrected chi connectivity index (χ3v) is 5.67. The van der Waals surface area contributed by atoms with Gasteiger partial charge in [0, 0.05) is 0 Å². The Morgan fingerprint density at radius 2 is 1.88 bits per heavy atom. The second kappa shape index (κ2) is 11.9. The molecule has 178 valence electrons. The Kier molecular flexibility index (Phi) is 9.29. The Morgan fingerprint density at radius 1 is 1.18 bits per heavy atom. The van der Waals surface area contributed by atoms with E-state index in [1.165, 1.54) is 20.2 Å². The highest BCUT2D eigenvalue weighted by Crippen LogP contribution is 2.28. The number of carbonyl (C=O) groups excluding carboxylic acids is 1. The fourth-order valence-corrected chi connectivity index (χ4v) is 4.12. The van der Waals surface area contributed by atoms with Crippen LogP contribution in [-0.2, 0) is 14.8 Å². The first-order valence-electron chi connectivity index (χ1n) is 10.2. The number of sulfonamides is 1. The number of nitrogens with one attached hydrogen (secondary N) is 1. The molecule has 2 aromatic rings. The molecule has 0 saturated heterocycles. The normalized spacial score (nSPS) is 12.1. The number of anilines is 1. The van der Waals surface area contributed by atoms with Gasteiger partial charge in [-0.15, -0.1) is 0 Å². The topological polar surface area (TPSA) is 107 Å². The summed E-state index contributed by atoms with van der Waals surface area (Å²) in [5.41, 5.74) is 3.38. The molecule has 0 unspecified atom stereocenters. The molecule has 1 N–H and O–H groups in total. The SMILES string of the molecule is C=CCOc1ccc(/C=N\NC(=O)[C@H](C)N(c2ccc(OC)cc2)S(C)(=O)=O)cc1OCC. The van der Waals surface area contributed by atoms with Gasteiger partial charge in [0.15, 0.2) is 11.5 Å². The number of rotatable bonds is 12. The summed E-state index contributed by atoms with van der Waals surface area (Å²) >= 11 is 0. The molecule has 0 aliphatic carbocycles. The molecule has 0 fully saturated rings. The third kappa shape index (κ3) is 7.25. The second-order valence-corrected chi connectivity index (χ2v) is 8.77. The van der Waals surface area contributed by atoms with Crippen LogP contribution in [0.25, 0.3) is 0 Å². The number of hydrogen-bond donors (Lipinski definition) is 1. The van der Waals surface area contributed by atoms with E-state index in [1.807, 2.05) is 6.92 Å². The Morgan fingerprint density at radius 3 is 2.45 bits per heavy atom. The smallest absolute Gasteiger partial charge is 0.263 e. The summed E-state index contributed by atoms with van der Waals surface area (Å²) in [7, 11) is -2.23. The number of hydrogen-bond acceptors (Lipinski definition) is 7. The molecule has 1 atom stereocenters. The van der Waals surface area contributed by atoms with Crippen molar-refractivity contribution in [2.75, 3.05) is 30.9 Å². The lowest BCUT2D eigenvalue weighted by Crippen LogP contribution is -2.46. The highest BCUT2D eigenvalue weighted by molar-refractivity contribution is 7.92. The predicted octanol–water partition coefficient (Wildman–Crippen LogP) is 2.96. The minimum atomic E-state index is -3.74. The average molecular weight is 476 g/mol. The van der Waals surface area contributed by atoms with Crippen LogP contribution in [0.2, 0.25) is 0 Å². The molecular weight excluding hydrogens is 446 g/mol. The van der Waals surface area contributed by atoms with Gasteiger partial charge in [-0.1, -0.05) is 12.7 Å². The fraction of sp³-hybridized carbons (Fsp3) is 0.304. The minimum Gasteiger partial charge on any atom is -0.497 e. The Balaban J connectivity index is 2.15. The molecule has 2 rings (SSSR count). The zero-order valence-electron chi connectivity index (χ0n) is 19.1. The Bertz CT molecular complexity index is 1080. The Hall–Kier alpha value is -3.53. The molecule has 10 heteroatoms. The van der Waals surface area contributed by atoms with Crippen LogP contribution in [0.1, 0.15) is 19.4 Å². The molecule has 1 amide bonds. The summed E-state index contributed by atoms with van der Waals surface area (Å²) in [6.45, 7) is 7.75. The van der Waals surface area contributed by atoms with Crippen molar-refractivity contribution in [1.29, 1.82) is 0 Å². The third-order valence-electron chi connectivity index (χ3n) is 4.43. The van der Waals surface area contributed by atoms with E-state index in [4.69, 9.17) is 14.2 Å². The molecule has 2 aromatic carbocycles. The van der Waals surface area contributed by atoms with Gasteiger partial charge >= 0.3 is 0 Å². The van der Waals surface area contributed by atoms with Crippen LogP contribution in [-0.4, -0.2) is 53.2 Å². The van der Waals surface area contributed by atoms with Gasteiger partial charge in [0.1, 0.15) is 18.4 Å². The van der Waals surface area contributed by atoms with E-state index in [0.717, 1.165) is 10.6 Å². The number of hydrazone groups is 1. The summed E-state index contributed by atoms with van der Waals surface area (Å²) < 4.78 is 42.0. The summed E-state index contributed by atoms with van der Waals surface area (Å²) in [6, 6.07) is 10.5. The van der Waals surface area contributed by atoms with Crippen LogP contribution < -0.4 is 23.9 Å². The molecule has 33 heavy (non-hydrogen) atoms. The van der Waals surface area contributed by atoms with E-state index in [2.05, 4.69) is 17.1 Å². The van der Waals surface area contributed by atoms with E-state index in [1.54, 1.807) is 48.5 Å². The second-order valence-electron chi connectivity index (χ2n) is 6.91. The lowest BCUT2D eigenvalue weighted by Gasteiger charge is -2.27. The monoisotopic (exact) mass is 475 g/mol. The molecule has 0 aromatic heterocycles. The number of carbonyl (C=O) groups is 1. The largest absolute Gasteiger partial charge is 0.497 e. The first kappa shape index (κ1) is 25.7. The van der Waals surface area contributed by atoms with Crippen LogP contribution in [0.15, 0.2) is 60.2 Å². The quantitative estimate of drug-likeness (QED) is 0.287. The maximum Gasteiger partial charge on any atom is 0.263 e. The van der Waals surface area contributed by atoms with Crippen LogP contribution in [0, 0.1) is 0 Å². The maximum absolute atomic E-state index is 12.6. The molecule has 0 bridgehead atoms. The standard InChI is InChI=1S/C23H29N3O6S/c1-6-14-32-21-13-8-18(15-22(21)31-7-2)16-24-25-23(27)17(3)26(33(5,28)29)19-9-11-20(30-4)12-10-19/h6,8-13,15-17H,1,7,14H2,2-5H3,(H,25,27)/b24-16-/t17-/m0/s1. The van der Waals surface area contributed by atoms with Crippen molar-refractivity contribution in [1.82, 2.24) is 5.43 Å². The lowest BCUT2D eigenvalue weighted by atomic mass is 10.2. The van der Waals surface area contributed by atoms with E-state index >= 15 is 0 Å². The molecule has 0 saturated carbocycles. The number of amides is 1. The van der Waals surface area contributed by atoms with Gasteiger partial charge in [-0.05, 0) is 61.9 Å². The molecule has 0 aliphatic rings. The first-order chi connectivity index (χ1) is 15.7. The van der Waals surface area contributed by atoms with Crippen molar-refractivity contribution >= 4 is 27.8 Å². The number of nitrogens with zero attached hydrogens (tertiary/aromatic N) is 2. The van der Waals surface area contributed by atoms with Crippen molar-refractivity contribution in [3.8, 4) is 17.2 Å². The van der Waals surface area contributed by atoms with Gasteiger partial charge in [0.25, 0.3) is 5.91 Å². The van der Waals surface area contributed by atoms with Crippen LogP contribution in [0.4, 0.5) is 5.69 Å². The number of methoxy groups -OCH3 is 1. The fourth-order valence-electron chi connectivity index (χ4n) is 2.94. The van der Waals surface area contributed by atoms with Crippen molar-refractivity contribution in [3.63, 3.8) is 0 Å². The van der Waals surface area contributed by atoms with Gasteiger partial charge in [-0.3, -0.25) is 9.10 Å². The van der Waals surface area contributed by atoms with Gasteiger partial charge in [0.05, 0.1) is 31.9 Å².